The van der Waals surface area contributed by atoms with Crippen LogP contribution in [-0.2, 0) is 11.2 Å². The number of aromatic nitrogens is 3. The summed E-state index contributed by atoms with van der Waals surface area (Å²) in [5, 5.41) is 6.61. The van der Waals surface area contributed by atoms with Crippen LogP contribution in [0.4, 0.5) is 0 Å². The van der Waals surface area contributed by atoms with Crippen LogP contribution in [0.1, 0.15) is 42.5 Å². The van der Waals surface area contributed by atoms with E-state index in [-0.39, 0.29) is 11.4 Å². The molecule has 2 aromatic rings. The minimum atomic E-state index is -0.286. The number of ether oxygens (including phenoxy) is 1. The number of carbonyl (C=O) groups excluding carboxylic acids is 1. The van der Waals surface area contributed by atoms with Gasteiger partial charge in [0, 0.05) is 6.42 Å². The second kappa shape index (κ2) is 5.86. The van der Waals surface area contributed by atoms with Crippen LogP contribution >= 0.6 is 0 Å². The Hall–Kier alpha value is -2.17. The van der Waals surface area contributed by atoms with Crippen molar-refractivity contribution in [2.24, 2.45) is 5.41 Å². The third kappa shape index (κ3) is 4.19. The maximum absolute atomic E-state index is 11.9. The van der Waals surface area contributed by atoms with Crippen LogP contribution in [0, 0.1) is 5.41 Å². The van der Waals surface area contributed by atoms with Crippen molar-refractivity contribution in [3.05, 3.63) is 47.5 Å². The summed E-state index contributed by atoms with van der Waals surface area (Å²) in [5.41, 5.74) is 1.60. The molecule has 0 saturated heterocycles. The number of nitrogens with one attached hydrogen (secondary N) is 1. The summed E-state index contributed by atoms with van der Waals surface area (Å²) in [4.78, 5) is 15.9. The Morgan fingerprint density at radius 1 is 1.25 bits per heavy atom. The lowest BCUT2D eigenvalue weighted by atomic mass is 9.99. The van der Waals surface area contributed by atoms with Crippen molar-refractivity contribution in [2.75, 3.05) is 6.61 Å². The molecular weight excluding hydrogens is 254 g/mol. The third-order valence-corrected chi connectivity index (χ3v) is 2.66. The molecule has 20 heavy (non-hydrogen) atoms. The topological polar surface area (TPSA) is 67.9 Å². The highest BCUT2D eigenvalue weighted by atomic mass is 16.5. The number of benzene rings is 1. The van der Waals surface area contributed by atoms with Crippen LogP contribution in [0.5, 0.6) is 0 Å². The average molecular weight is 273 g/mol. The molecule has 0 atom stereocenters. The second-order valence-electron chi connectivity index (χ2n) is 5.94. The van der Waals surface area contributed by atoms with E-state index >= 15 is 0 Å². The van der Waals surface area contributed by atoms with Gasteiger partial charge in [0.05, 0.1) is 12.2 Å². The fourth-order valence-electron chi connectivity index (χ4n) is 1.63. The van der Waals surface area contributed by atoms with E-state index in [1.165, 1.54) is 6.33 Å². The van der Waals surface area contributed by atoms with Crippen molar-refractivity contribution < 1.29 is 9.53 Å². The van der Waals surface area contributed by atoms with Gasteiger partial charge < -0.3 is 4.74 Å². The van der Waals surface area contributed by atoms with Crippen LogP contribution in [0.15, 0.2) is 30.6 Å². The van der Waals surface area contributed by atoms with Crippen LogP contribution in [-0.4, -0.2) is 27.8 Å². The number of carbonyl (C=O) groups is 1. The average Bonchev–Trinajstić information content (AvgIpc) is 2.89. The summed E-state index contributed by atoms with van der Waals surface area (Å²) < 4.78 is 5.27. The number of hydrogen-bond acceptors (Lipinski definition) is 4. The first-order valence-electron chi connectivity index (χ1n) is 6.54. The van der Waals surface area contributed by atoms with Gasteiger partial charge in [-0.25, -0.2) is 9.78 Å². The van der Waals surface area contributed by atoms with E-state index in [4.69, 9.17) is 4.74 Å². The lowest BCUT2D eigenvalue weighted by molar-refractivity contribution is 0.0367. The normalized spacial score (nSPS) is 11.3. The molecule has 0 aliphatic carbocycles. The Morgan fingerprint density at radius 2 is 1.95 bits per heavy atom. The number of hydrogen-bond donors (Lipinski definition) is 1. The van der Waals surface area contributed by atoms with E-state index in [0.29, 0.717) is 18.6 Å². The smallest absolute Gasteiger partial charge is 0.338 e. The van der Waals surface area contributed by atoms with Crippen molar-refractivity contribution in [3.8, 4) is 0 Å². The summed E-state index contributed by atoms with van der Waals surface area (Å²) in [6.45, 7) is 6.49. The minimum absolute atomic E-state index is 0.0259. The zero-order valence-electron chi connectivity index (χ0n) is 12.0. The van der Waals surface area contributed by atoms with Gasteiger partial charge in [-0.05, 0) is 23.1 Å². The van der Waals surface area contributed by atoms with Gasteiger partial charge in [0.1, 0.15) is 12.2 Å². The first kappa shape index (κ1) is 14.2. The highest BCUT2D eigenvalue weighted by molar-refractivity contribution is 5.89. The molecule has 1 aromatic carbocycles. The molecule has 2 rings (SSSR count). The molecule has 106 valence electrons. The molecule has 5 heteroatoms. The molecule has 0 aliphatic heterocycles. The summed E-state index contributed by atoms with van der Waals surface area (Å²) in [5.74, 6) is 0.513. The van der Waals surface area contributed by atoms with Gasteiger partial charge >= 0.3 is 5.97 Å². The molecule has 0 radical (unpaired) electrons. The lowest BCUT2D eigenvalue weighted by Gasteiger charge is -2.17. The number of nitrogens with zero attached hydrogens (tertiary/aromatic N) is 2. The van der Waals surface area contributed by atoms with E-state index in [1.54, 1.807) is 12.1 Å². The molecule has 0 amide bonds. The number of rotatable bonds is 4. The van der Waals surface area contributed by atoms with E-state index in [9.17, 15) is 4.79 Å². The quantitative estimate of drug-likeness (QED) is 0.869. The predicted molar refractivity (Wildman–Crippen MR) is 75.4 cm³/mol. The number of H-pyrrole nitrogens is 1. The Bertz CT molecular complexity index is 554. The Kier molecular flexibility index (Phi) is 4.17. The Balaban J connectivity index is 1.95. The van der Waals surface area contributed by atoms with E-state index < -0.39 is 0 Å². The largest absolute Gasteiger partial charge is 0.462 e. The summed E-state index contributed by atoms with van der Waals surface area (Å²) >= 11 is 0. The number of aromatic amines is 1. The predicted octanol–water partition coefficient (Wildman–Crippen LogP) is 2.60. The number of esters is 1. The Labute approximate surface area is 118 Å². The van der Waals surface area contributed by atoms with Gasteiger partial charge in [0.15, 0.2) is 0 Å². The summed E-state index contributed by atoms with van der Waals surface area (Å²) in [6.07, 6.45) is 2.14. The van der Waals surface area contributed by atoms with Gasteiger partial charge in [-0.1, -0.05) is 32.9 Å². The fourth-order valence-corrected chi connectivity index (χ4v) is 1.63. The molecule has 0 aliphatic rings. The molecule has 0 bridgehead atoms. The van der Waals surface area contributed by atoms with Crippen LogP contribution in [0.25, 0.3) is 0 Å². The zero-order chi connectivity index (χ0) is 14.6. The van der Waals surface area contributed by atoms with Crippen molar-refractivity contribution >= 4 is 5.97 Å². The Morgan fingerprint density at radius 3 is 2.50 bits per heavy atom. The van der Waals surface area contributed by atoms with Crippen molar-refractivity contribution in [3.63, 3.8) is 0 Å². The first-order chi connectivity index (χ1) is 9.44. The van der Waals surface area contributed by atoms with Gasteiger partial charge in [-0.3, -0.25) is 5.10 Å². The van der Waals surface area contributed by atoms with E-state index in [2.05, 4.69) is 15.2 Å². The van der Waals surface area contributed by atoms with Crippen LogP contribution in [0.3, 0.4) is 0 Å². The van der Waals surface area contributed by atoms with Crippen LogP contribution < -0.4 is 0 Å². The van der Waals surface area contributed by atoms with Crippen molar-refractivity contribution in [1.82, 2.24) is 15.2 Å². The van der Waals surface area contributed by atoms with Gasteiger partial charge in [-0.15, -0.1) is 0 Å². The monoisotopic (exact) mass is 273 g/mol. The van der Waals surface area contributed by atoms with Gasteiger partial charge in [0.2, 0.25) is 0 Å². The summed E-state index contributed by atoms with van der Waals surface area (Å²) in [6, 6.07) is 7.35. The van der Waals surface area contributed by atoms with Gasteiger partial charge in [-0.2, -0.15) is 5.10 Å². The second-order valence-corrected chi connectivity index (χ2v) is 5.94. The fraction of sp³-hybridized carbons (Fsp3) is 0.400. The molecule has 1 heterocycles. The van der Waals surface area contributed by atoms with Crippen molar-refractivity contribution in [1.29, 1.82) is 0 Å². The highest BCUT2D eigenvalue weighted by Gasteiger charge is 2.15. The molecule has 1 N–H and O–H groups in total. The lowest BCUT2D eigenvalue weighted by Crippen LogP contribution is -2.18. The SMILES string of the molecule is CC(C)(C)COC(=O)c1ccc(Cc2ncn[nH]2)cc1. The molecule has 1 aromatic heterocycles. The van der Waals surface area contributed by atoms with Crippen molar-refractivity contribution in [2.45, 2.75) is 27.2 Å². The molecule has 0 unspecified atom stereocenters. The summed E-state index contributed by atoms with van der Waals surface area (Å²) in [7, 11) is 0. The third-order valence-electron chi connectivity index (χ3n) is 2.66. The van der Waals surface area contributed by atoms with E-state index in [0.717, 1.165) is 11.4 Å². The first-order valence-corrected chi connectivity index (χ1v) is 6.54. The van der Waals surface area contributed by atoms with Gasteiger partial charge in [0.25, 0.3) is 0 Å². The molecule has 0 fully saturated rings. The molecule has 0 saturated carbocycles. The highest BCUT2D eigenvalue weighted by Crippen LogP contribution is 2.15. The van der Waals surface area contributed by atoms with E-state index in [1.807, 2.05) is 32.9 Å². The molecular formula is C15H19N3O2. The minimum Gasteiger partial charge on any atom is -0.462 e. The maximum Gasteiger partial charge on any atom is 0.338 e. The maximum atomic E-state index is 11.9. The van der Waals surface area contributed by atoms with Crippen LogP contribution in [0.2, 0.25) is 0 Å². The standard InChI is InChI=1S/C15H19N3O2/c1-15(2,3)9-20-14(19)12-6-4-11(5-7-12)8-13-16-10-17-18-13/h4-7,10H,8-9H2,1-3H3,(H,16,17,18). The zero-order valence-corrected chi connectivity index (χ0v) is 12.0. The molecule has 5 nitrogen and oxygen atoms in total. The molecule has 0 spiro atoms.